The number of hydrogen-bond donors (Lipinski definition) is 1. The first-order valence-corrected chi connectivity index (χ1v) is 8.22. The largest absolute Gasteiger partial charge is 0.321 e. The Bertz CT molecular complexity index is 426. The molecule has 1 saturated heterocycles. The molecule has 2 fully saturated rings. The lowest BCUT2D eigenvalue weighted by atomic mass is 9.75. The molecule has 3 unspecified atom stereocenters. The first kappa shape index (κ1) is 14.1. The second-order valence-electron chi connectivity index (χ2n) is 7.11. The smallest absolute Gasteiger partial charge is 0.0509 e. The fraction of sp³-hybridized carbons (Fsp3) is 0.667. The Morgan fingerprint density at radius 2 is 1.80 bits per heavy atom. The highest BCUT2D eigenvalue weighted by molar-refractivity contribution is 5.23. The van der Waals surface area contributed by atoms with Crippen LogP contribution < -0.4 is 5.73 Å². The van der Waals surface area contributed by atoms with Crippen molar-refractivity contribution >= 4 is 0 Å². The molecule has 1 aliphatic heterocycles. The van der Waals surface area contributed by atoms with Crippen molar-refractivity contribution in [3.8, 4) is 0 Å². The number of hydrogen-bond acceptors (Lipinski definition) is 2. The van der Waals surface area contributed by atoms with Crippen molar-refractivity contribution in [2.75, 3.05) is 19.6 Å². The minimum atomic E-state index is -0.233. The highest BCUT2D eigenvalue weighted by atomic mass is 15.2. The number of rotatable bonds is 3. The molecule has 1 aromatic rings. The highest BCUT2D eigenvalue weighted by Crippen LogP contribution is 2.36. The van der Waals surface area contributed by atoms with Crippen molar-refractivity contribution in [1.29, 1.82) is 0 Å². The number of likely N-dealkylation sites (tertiary alicyclic amines) is 1. The maximum absolute atomic E-state index is 6.60. The molecule has 0 aromatic heterocycles. The van der Waals surface area contributed by atoms with Crippen molar-refractivity contribution < 1.29 is 0 Å². The third-order valence-electron chi connectivity index (χ3n) is 5.36. The van der Waals surface area contributed by atoms with Gasteiger partial charge in [0.15, 0.2) is 0 Å². The molecule has 1 heterocycles. The van der Waals surface area contributed by atoms with Gasteiger partial charge in [0.2, 0.25) is 0 Å². The summed E-state index contributed by atoms with van der Waals surface area (Å²) in [4.78, 5) is 2.61. The third kappa shape index (κ3) is 3.07. The van der Waals surface area contributed by atoms with Crippen LogP contribution in [0.1, 0.15) is 44.6 Å². The Kier molecular flexibility index (Phi) is 4.13. The molecule has 110 valence electrons. The number of piperidine rings is 1. The predicted molar refractivity (Wildman–Crippen MR) is 84.5 cm³/mol. The van der Waals surface area contributed by atoms with Gasteiger partial charge in [-0.1, -0.05) is 49.6 Å². The maximum Gasteiger partial charge on any atom is 0.0509 e. The third-order valence-corrected chi connectivity index (χ3v) is 5.36. The monoisotopic (exact) mass is 272 g/mol. The van der Waals surface area contributed by atoms with Gasteiger partial charge < -0.3 is 10.6 Å². The lowest BCUT2D eigenvalue weighted by molar-refractivity contribution is 0.0722. The predicted octanol–water partition coefficient (Wildman–Crippen LogP) is 3.37. The van der Waals surface area contributed by atoms with E-state index in [1.165, 1.54) is 50.8 Å². The number of fused-ring (bicyclic) bond motifs is 1. The summed E-state index contributed by atoms with van der Waals surface area (Å²) in [7, 11) is 0. The van der Waals surface area contributed by atoms with E-state index in [9.17, 15) is 0 Å². The molecule has 2 nitrogen and oxygen atoms in total. The van der Waals surface area contributed by atoms with Crippen molar-refractivity contribution in [2.45, 2.75) is 44.6 Å². The van der Waals surface area contributed by atoms with Crippen LogP contribution in [0.3, 0.4) is 0 Å². The molecule has 2 aliphatic rings. The molecule has 2 N–H and O–H groups in total. The molecule has 1 saturated carbocycles. The topological polar surface area (TPSA) is 29.3 Å². The van der Waals surface area contributed by atoms with Crippen molar-refractivity contribution in [1.82, 2.24) is 4.90 Å². The molecule has 20 heavy (non-hydrogen) atoms. The van der Waals surface area contributed by atoms with Crippen LogP contribution in [0.15, 0.2) is 30.3 Å². The number of nitrogens with zero attached hydrogens (tertiary/aromatic N) is 1. The van der Waals surface area contributed by atoms with E-state index in [1.54, 1.807) is 0 Å². The Morgan fingerprint density at radius 3 is 2.55 bits per heavy atom. The zero-order valence-electron chi connectivity index (χ0n) is 12.7. The Balaban J connectivity index is 1.63. The van der Waals surface area contributed by atoms with Crippen LogP contribution in [0.5, 0.6) is 0 Å². The first-order chi connectivity index (χ1) is 9.65. The Labute approximate surface area is 123 Å². The van der Waals surface area contributed by atoms with Gasteiger partial charge >= 0.3 is 0 Å². The summed E-state index contributed by atoms with van der Waals surface area (Å²) in [5.41, 5.74) is 7.62. The Morgan fingerprint density at radius 1 is 1.10 bits per heavy atom. The van der Waals surface area contributed by atoms with Gasteiger partial charge in [0.25, 0.3) is 0 Å². The van der Waals surface area contributed by atoms with E-state index in [0.717, 1.165) is 18.4 Å². The fourth-order valence-electron chi connectivity index (χ4n) is 4.19. The second-order valence-corrected chi connectivity index (χ2v) is 7.11. The van der Waals surface area contributed by atoms with Crippen LogP contribution in [-0.2, 0) is 5.54 Å². The van der Waals surface area contributed by atoms with Gasteiger partial charge in [0.1, 0.15) is 0 Å². The molecule has 1 aromatic carbocycles. The van der Waals surface area contributed by atoms with Gasteiger partial charge in [-0.15, -0.1) is 0 Å². The highest BCUT2D eigenvalue weighted by Gasteiger charge is 2.33. The minimum absolute atomic E-state index is 0.233. The van der Waals surface area contributed by atoms with E-state index in [1.807, 2.05) is 0 Å². The molecule has 0 spiro atoms. The average Bonchev–Trinajstić information content (AvgIpc) is 2.48. The summed E-state index contributed by atoms with van der Waals surface area (Å²) in [5.74, 6) is 1.94. The Hall–Kier alpha value is -0.860. The molecule has 0 amide bonds. The van der Waals surface area contributed by atoms with Crippen molar-refractivity contribution in [3.05, 3.63) is 35.9 Å². The first-order valence-electron chi connectivity index (χ1n) is 8.22. The van der Waals surface area contributed by atoms with E-state index in [-0.39, 0.29) is 5.54 Å². The van der Waals surface area contributed by atoms with E-state index in [0.29, 0.717) is 0 Å². The molecular weight excluding hydrogens is 244 g/mol. The summed E-state index contributed by atoms with van der Waals surface area (Å²) in [5, 5.41) is 0. The SMILES string of the molecule is CC(N)(CN1CCC2CCCCC2C1)c1ccccc1. The fourth-order valence-corrected chi connectivity index (χ4v) is 4.19. The summed E-state index contributed by atoms with van der Waals surface area (Å²) in [6.45, 7) is 5.67. The molecule has 2 heteroatoms. The summed E-state index contributed by atoms with van der Waals surface area (Å²) >= 11 is 0. The lowest BCUT2D eigenvalue weighted by Gasteiger charge is -2.43. The van der Waals surface area contributed by atoms with Crippen molar-refractivity contribution in [3.63, 3.8) is 0 Å². The zero-order chi connectivity index (χ0) is 14.0. The van der Waals surface area contributed by atoms with Gasteiger partial charge in [0, 0.05) is 13.1 Å². The van der Waals surface area contributed by atoms with Crippen LogP contribution in [0.2, 0.25) is 0 Å². The molecule has 0 radical (unpaired) electrons. The quantitative estimate of drug-likeness (QED) is 0.914. The van der Waals surface area contributed by atoms with Crippen LogP contribution >= 0.6 is 0 Å². The van der Waals surface area contributed by atoms with Crippen molar-refractivity contribution in [2.24, 2.45) is 17.6 Å². The van der Waals surface area contributed by atoms with Gasteiger partial charge in [-0.2, -0.15) is 0 Å². The van der Waals surface area contributed by atoms with Crippen LogP contribution in [0, 0.1) is 11.8 Å². The van der Waals surface area contributed by atoms with Gasteiger partial charge in [0.05, 0.1) is 5.54 Å². The zero-order valence-corrected chi connectivity index (χ0v) is 12.7. The molecule has 3 rings (SSSR count). The lowest BCUT2D eigenvalue weighted by Crippen LogP contribution is -2.50. The van der Waals surface area contributed by atoms with Crippen LogP contribution in [0.25, 0.3) is 0 Å². The summed E-state index contributed by atoms with van der Waals surface area (Å²) in [6, 6.07) is 10.6. The number of nitrogens with two attached hydrogens (primary N) is 1. The maximum atomic E-state index is 6.60. The molecule has 0 bridgehead atoms. The van der Waals surface area contributed by atoms with Gasteiger partial charge in [-0.25, -0.2) is 0 Å². The van der Waals surface area contributed by atoms with E-state index in [2.05, 4.69) is 42.2 Å². The van der Waals surface area contributed by atoms with Gasteiger partial charge in [-0.3, -0.25) is 0 Å². The minimum Gasteiger partial charge on any atom is -0.321 e. The standard InChI is InChI=1S/C18H28N2/c1-18(19,17-9-3-2-4-10-17)14-20-12-11-15-7-5-6-8-16(15)13-20/h2-4,9-10,15-16H,5-8,11-14,19H2,1H3. The molecular formula is C18H28N2. The van der Waals surface area contributed by atoms with E-state index in [4.69, 9.17) is 5.73 Å². The summed E-state index contributed by atoms with van der Waals surface area (Å²) < 4.78 is 0. The molecule has 3 atom stereocenters. The molecule has 1 aliphatic carbocycles. The second kappa shape index (κ2) is 5.87. The van der Waals surface area contributed by atoms with E-state index < -0.39 is 0 Å². The van der Waals surface area contributed by atoms with Gasteiger partial charge in [-0.05, 0) is 43.7 Å². The van der Waals surface area contributed by atoms with Crippen LogP contribution in [0.4, 0.5) is 0 Å². The summed E-state index contributed by atoms with van der Waals surface area (Å²) in [6.07, 6.45) is 7.19. The number of benzene rings is 1. The van der Waals surface area contributed by atoms with E-state index >= 15 is 0 Å². The van der Waals surface area contributed by atoms with Crippen LogP contribution in [-0.4, -0.2) is 24.5 Å². The average molecular weight is 272 g/mol. The normalized spacial score (nSPS) is 30.5.